The Kier molecular flexibility index (Phi) is 4.12. The second-order valence-electron chi connectivity index (χ2n) is 9.60. The minimum absolute atomic E-state index is 0.0770. The van der Waals surface area contributed by atoms with Gasteiger partial charge in [0.2, 0.25) is 0 Å². The number of rotatable bonds is 2. The maximum atomic E-state index is 11.6. The van der Waals surface area contributed by atoms with Crippen molar-refractivity contribution in [2.45, 2.75) is 78.2 Å². The largest absolute Gasteiger partial charge is 0.462 e. The molecule has 0 aliphatic heterocycles. The van der Waals surface area contributed by atoms with Crippen molar-refractivity contribution in [3.63, 3.8) is 0 Å². The topological polar surface area (TPSA) is 43.4 Å². The predicted molar refractivity (Wildman–Crippen MR) is 96.8 cm³/mol. The fourth-order valence-corrected chi connectivity index (χ4v) is 7.23. The number of allylic oxidation sites excluding steroid dienone is 1. The number of hydrogen-bond acceptors (Lipinski definition) is 3. The van der Waals surface area contributed by atoms with Gasteiger partial charge in [-0.1, -0.05) is 25.5 Å². The number of aldehydes is 1. The molecule has 0 N–H and O–H groups in total. The molecule has 3 saturated carbocycles. The van der Waals surface area contributed by atoms with Gasteiger partial charge in [0.25, 0.3) is 0 Å². The molecule has 3 fully saturated rings. The average molecular weight is 344 g/mol. The minimum Gasteiger partial charge on any atom is -0.462 e. The molecule has 0 radical (unpaired) electrons. The van der Waals surface area contributed by atoms with Crippen LogP contribution in [0, 0.1) is 34.5 Å². The van der Waals surface area contributed by atoms with E-state index in [-0.39, 0.29) is 28.8 Å². The van der Waals surface area contributed by atoms with Crippen molar-refractivity contribution in [2.75, 3.05) is 0 Å². The molecule has 4 aliphatic rings. The van der Waals surface area contributed by atoms with Gasteiger partial charge in [-0.15, -0.1) is 0 Å². The van der Waals surface area contributed by atoms with Gasteiger partial charge in [-0.25, -0.2) is 0 Å². The minimum atomic E-state index is -0.151. The summed E-state index contributed by atoms with van der Waals surface area (Å²) in [6.45, 7) is 6.37. The summed E-state index contributed by atoms with van der Waals surface area (Å²) in [7, 11) is 0. The molecule has 138 valence electrons. The number of fused-ring (bicyclic) bond motifs is 5. The Hall–Kier alpha value is -1.12. The first-order chi connectivity index (χ1) is 11.9. The molecule has 0 saturated heterocycles. The summed E-state index contributed by atoms with van der Waals surface area (Å²) in [5.41, 5.74) is 2.06. The van der Waals surface area contributed by atoms with Gasteiger partial charge in [-0.3, -0.25) is 4.79 Å². The SMILES string of the molecule is CC(=O)O[C@H]1CC[C@@]2(C)C(=CC[C@H]3[C@@H]4CC[C@H](C=O)[C@@]4(C)CC[C@@H]32)C1. The Bertz CT molecular complexity index is 608. The van der Waals surface area contributed by atoms with E-state index in [4.69, 9.17) is 4.74 Å². The van der Waals surface area contributed by atoms with E-state index in [0.717, 1.165) is 43.9 Å². The van der Waals surface area contributed by atoms with Crippen LogP contribution in [-0.4, -0.2) is 18.4 Å². The molecule has 7 atom stereocenters. The first-order valence-electron chi connectivity index (χ1n) is 10.2. The first-order valence-corrected chi connectivity index (χ1v) is 10.2. The molecule has 0 unspecified atom stereocenters. The van der Waals surface area contributed by atoms with E-state index in [1.54, 1.807) is 5.57 Å². The van der Waals surface area contributed by atoms with Crippen LogP contribution in [0.3, 0.4) is 0 Å². The second kappa shape index (κ2) is 5.96. The standard InChI is InChI=1S/C22H32O3/c1-14(24)25-17-8-10-21(2)15(12-17)4-6-18-19-7-5-16(13-23)22(19,3)11-9-20(18)21/h4,13,16-20H,5-12H2,1-3H3/t16-,17+,18+,19+,20+,21+,22-/m1/s1. The van der Waals surface area contributed by atoms with E-state index in [1.165, 1.54) is 32.5 Å². The van der Waals surface area contributed by atoms with Crippen LogP contribution in [0.4, 0.5) is 0 Å². The molecule has 0 bridgehead atoms. The third-order valence-electron chi connectivity index (χ3n) is 8.63. The summed E-state index contributed by atoms with van der Waals surface area (Å²) < 4.78 is 5.52. The number of ether oxygens (including phenoxy) is 1. The fourth-order valence-electron chi connectivity index (χ4n) is 7.23. The van der Waals surface area contributed by atoms with Crippen molar-refractivity contribution in [2.24, 2.45) is 34.5 Å². The normalized spacial score (nSPS) is 48.6. The van der Waals surface area contributed by atoms with Gasteiger partial charge in [0, 0.05) is 19.3 Å². The predicted octanol–water partition coefficient (Wildman–Crippen LogP) is 4.70. The van der Waals surface area contributed by atoms with Crippen LogP contribution < -0.4 is 0 Å². The summed E-state index contributed by atoms with van der Waals surface area (Å²) >= 11 is 0. The lowest BCUT2D eigenvalue weighted by Gasteiger charge is -2.57. The van der Waals surface area contributed by atoms with Crippen LogP contribution in [0.2, 0.25) is 0 Å². The Balaban J connectivity index is 1.59. The highest BCUT2D eigenvalue weighted by molar-refractivity contribution is 5.66. The van der Waals surface area contributed by atoms with Crippen LogP contribution in [0.15, 0.2) is 11.6 Å². The zero-order valence-corrected chi connectivity index (χ0v) is 15.9. The number of esters is 1. The van der Waals surface area contributed by atoms with Crippen molar-refractivity contribution < 1.29 is 14.3 Å². The van der Waals surface area contributed by atoms with E-state index >= 15 is 0 Å². The number of carbonyl (C=O) groups excluding carboxylic acids is 2. The summed E-state index contributed by atoms with van der Waals surface area (Å²) in [5.74, 6) is 2.32. The maximum Gasteiger partial charge on any atom is 0.302 e. The molecule has 3 nitrogen and oxygen atoms in total. The highest BCUT2D eigenvalue weighted by atomic mass is 16.5. The monoisotopic (exact) mass is 344 g/mol. The van der Waals surface area contributed by atoms with E-state index in [2.05, 4.69) is 19.9 Å². The zero-order valence-electron chi connectivity index (χ0n) is 15.9. The molecule has 0 heterocycles. The van der Waals surface area contributed by atoms with Gasteiger partial charge in [-0.2, -0.15) is 0 Å². The molecule has 4 rings (SSSR count). The van der Waals surface area contributed by atoms with Crippen molar-refractivity contribution in [1.82, 2.24) is 0 Å². The lowest BCUT2D eigenvalue weighted by Crippen LogP contribution is -2.50. The molecule has 0 aromatic rings. The van der Waals surface area contributed by atoms with Gasteiger partial charge in [0.15, 0.2) is 0 Å². The Morgan fingerprint density at radius 1 is 1.16 bits per heavy atom. The molecule has 0 aromatic heterocycles. The Morgan fingerprint density at radius 2 is 1.96 bits per heavy atom. The smallest absolute Gasteiger partial charge is 0.302 e. The number of hydrogen-bond donors (Lipinski definition) is 0. The van der Waals surface area contributed by atoms with Crippen molar-refractivity contribution in [3.8, 4) is 0 Å². The lowest BCUT2D eigenvalue weighted by atomic mass is 9.47. The van der Waals surface area contributed by atoms with E-state index in [1.807, 2.05) is 0 Å². The molecule has 25 heavy (non-hydrogen) atoms. The quantitative estimate of drug-likeness (QED) is 0.414. The van der Waals surface area contributed by atoms with Crippen LogP contribution >= 0.6 is 0 Å². The lowest BCUT2D eigenvalue weighted by molar-refractivity contribution is -0.148. The summed E-state index contributed by atoms with van der Waals surface area (Å²) in [6.07, 6.45) is 12.8. The first kappa shape index (κ1) is 17.3. The third-order valence-corrected chi connectivity index (χ3v) is 8.63. The van der Waals surface area contributed by atoms with Crippen molar-refractivity contribution in [3.05, 3.63) is 11.6 Å². The maximum absolute atomic E-state index is 11.6. The van der Waals surface area contributed by atoms with E-state index < -0.39 is 0 Å². The zero-order chi connectivity index (χ0) is 17.8. The molecular formula is C22H32O3. The molecule has 0 spiro atoms. The molecule has 0 aromatic carbocycles. The van der Waals surface area contributed by atoms with Gasteiger partial charge in [0.05, 0.1) is 0 Å². The fraction of sp³-hybridized carbons (Fsp3) is 0.818. The van der Waals surface area contributed by atoms with Gasteiger partial charge in [0.1, 0.15) is 12.4 Å². The van der Waals surface area contributed by atoms with Crippen LogP contribution in [0.1, 0.15) is 72.1 Å². The summed E-state index contributed by atoms with van der Waals surface area (Å²) in [5, 5.41) is 0. The van der Waals surface area contributed by atoms with Crippen molar-refractivity contribution >= 4 is 12.3 Å². The summed E-state index contributed by atoms with van der Waals surface area (Å²) in [4.78, 5) is 22.9. The average Bonchev–Trinajstić information content (AvgIpc) is 2.91. The van der Waals surface area contributed by atoms with E-state index in [0.29, 0.717) is 5.92 Å². The molecular weight excluding hydrogens is 312 g/mol. The third kappa shape index (κ3) is 2.52. The highest BCUT2D eigenvalue weighted by Gasteiger charge is 2.58. The van der Waals surface area contributed by atoms with Gasteiger partial charge < -0.3 is 9.53 Å². The van der Waals surface area contributed by atoms with Crippen LogP contribution in [0.5, 0.6) is 0 Å². The Morgan fingerprint density at radius 3 is 2.68 bits per heavy atom. The summed E-state index contributed by atoms with van der Waals surface area (Å²) in [6, 6.07) is 0. The van der Waals surface area contributed by atoms with Crippen LogP contribution in [0.25, 0.3) is 0 Å². The van der Waals surface area contributed by atoms with Crippen LogP contribution in [-0.2, 0) is 14.3 Å². The Labute approximate surface area is 151 Å². The van der Waals surface area contributed by atoms with E-state index in [9.17, 15) is 9.59 Å². The van der Waals surface area contributed by atoms with Gasteiger partial charge in [-0.05, 0) is 73.5 Å². The molecule has 0 amide bonds. The molecule has 3 heteroatoms. The van der Waals surface area contributed by atoms with Crippen molar-refractivity contribution in [1.29, 1.82) is 0 Å². The molecule has 4 aliphatic carbocycles. The van der Waals surface area contributed by atoms with Gasteiger partial charge >= 0.3 is 5.97 Å². The highest BCUT2D eigenvalue weighted by Crippen LogP contribution is 2.65. The second-order valence-corrected chi connectivity index (χ2v) is 9.60. The number of carbonyl (C=O) groups is 2.